The highest BCUT2D eigenvalue weighted by Crippen LogP contribution is 2.46. The van der Waals surface area contributed by atoms with Crippen LogP contribution >= 0.6 is 0 Å². The number of carbonyl (C=O) groups is 1. The predicted molar refractivity (Wildman–Crippen MR) is 132 cm³/mol. The molecule has 8 heteroatoms. The van der Waals surface area contributed by atoms with E-state index < -0.39 is 11.7 Å². The Morgan fingerprint density at radius 1 is 1.12 bits per heavy atom. The number of fused-ring (bicyclic) bond motifs is 3. The summed E-state index contributed by atoms with van der Waals surface area (Å²) in [6.07, 6.45) is 3.56. The zero-order chi connectivity index (χ0) is 24.5. The first-order valence-electron chi connectivity index (χ1n) is 11.8. The minimum Gasteiger partial charge on any atom is -0.493 e. The van der Waals surface area contributed by atoms with Crippen molar-refractivity contribution in [3.05, 3.63) is 30.1 Å². The Labute approximate surface area is 200 Å². The van der Waals surface area contributed by atoms with Crippen molar-refractivity contribution in [3.8, 4) is 11.5 Å². The minimum absolute atomic E-state index is 0.372. The van der Waals surface area contributed by atoms with Gasteiger partial charge in [-0.2, -0.15) is 0 Å². The molecule has 0 aliphatic heterocycles. The number of rotatable bonds is 9. The summed E-state index contributed by atoms with van der Waals surface area (Å²) in [7, 11) is 5.64. The maximum atomic E-state index is 13.3. The normalized spacial score (nSPS) is 14.2. The van der Waals surface area contributed by atoms with Crippen LogP contribution < -0.4 is 9.47 Å². The van der Waals surface area contributed by atoms with E-state index in [1.165, 1.54) is 0 Å². The minimum atomic E-state index is -0.623. The average Bonchev–Trinajstić information content (AvgIpc) is 3.55. The van der Waals surface area contributed by atoms with Gasteiger partial charge in [-0.1, -0.05) is 0 Å². The Balaban J connectivity index is 1.74. The third-order valence-corrected chi connectivity index (χ3v) is 5.70. The molecule has 184 valence electrons. The van der Waals surface area contributed by atoms with Crippen molar-refractivity contribution >= 4 is 27.9 Å². The van der Waals surface area contributed by atoms with Crippen LogP contribution in [0.15, 0.2) is 24.4 Å². The van der Waals surface area contributed by atoms with Crippen LogP contribution in [-0.2, 0) is 9.47 Å². The summed E-state index contributed by atoms with van der Waals surface area (Å²) in [5, 5.41) is 1.88. The molecular weight excluding hydrogens is 434 g/mol. The molecule has 2 aromatic heterocycles. The van der Waals surface area contributed by atoms with Crippen molar-refractivity contribution in [1.29, 1.82) is 0 Å². The fraction of sp³-hybridized carbons (Fsp3) is 0.538. The Morgan fingerprint density at radius 2 is 1.88 bits per heavy atom. The molecule has 8 nitrogen and oxygen atoms in total. The highest BCUT2D eigenvalue weighted by Gasteiger charge is 2.31. The number of carbonyl (C=O) groups excluding carboxylic acids is 1. The molecule has 0 spiro atoms. The highest BCUT2D eigenvalue weighted by molar-refractivity contribution is 6.14. The van der Waals surface area contributed by atoms with E-state index in [2.05, 4.69) is 9.88 Å². The van der Waals surface area contributed by atoms with Gasteiger partial charge in [0.05, 0.1) is 37.1 Å². The SMILES string of the molecule is COc1cc2c3c(C4CC4)nccc3n(C(=O)OC(C)(C)C)c2cc1OCCOCCN(C)C. The molecule has 1 aliphatic rings. The number of likely N-dealkylation sites (N-methyl/N-ethyl adjacent to an activating group) is 1. The molecular formula is C26H35N3O5. The Morgan fingerprint density at radius 3 is 2.53 bits per heavy atom. The maximum absolute atomic E-state index is 13.3. The number of hydrogen-bond acceptors (Lipinski definition) is 7. The first kappa shape index (κ1) is 24.3. The van der Waals surface area contributed by atoms with E-state index in [0.717, 1.165) is 41.4 Å². The van der Waals surface area contributed by atoms with Crippen molar-refractivity contribution in [2.45, 2.75) is 45.1 Å². The topological polar surface area (TPSA) is 75.1 Å². The van der Waals surface area contributed by atoms with Crippen LogP contribution in [0.4, 0.5) is 4.79 Å². The van der Waals surface area contributed by atoms with Crippen LogP contribution in [0, 0.1) is 0 Å². The van der Waals surface area contributed by atoms with Crippen LogP contribution in [-0.4, -0.2) is 73.7 Å². The molecule has 0 bridgehead atoms. The second-order valence-corrected chi connectivity index (χ2v) is 9.96. The first-order valence-corrected chi connectivity index (χ1v) is 11.8. The molecule has 0 amide bonds. The second kappa shape index (κ2) is 9.80. The van der Waals surface area contributed by atoms with Gasteiger partial charge in [0.15, 0.2) is 11.5 Å². The first-order chi connectivity index (χ1) is 16.2. The van der Waals surface area contributed by atoms with E-state index in [1.807, 2.05) is 53.1 Å². The maximum Gasteiger partial charge on any atom is 0.419 e. The van der Waals surface area contributed by atoms with Gasteiger partial charge in [-0.15, -0.1) is 0 Å². The number of pyridine rings is 1. The van der Waals surface area contributed by atoms with E-state index in [1.54, 1.807) is 17.9 Å². The predicted octanol–water partition coefficient (Wildman–Crippen LogP) is 4.82. The van der Waals surface area contributed by atoms with E-state index in [0.29, 0.717) is 42.8 Å². The number of hydrogen-bond donors (Lipinski definition) is 0. The van der Waals surface area contributed by atoms with Gasteiger partial charge in [0.2, 0.25) is 0 Å². The molecule has 34 heavy (non-hydrogen) atoms. The molecule has 4 rings (SSSR count). The van der Waals surface area contributed by atoms with Gasteiger partial charge < -0.3 is 23.8 Å². The van der Waals surface area contributed by atoms with E-state index in [4.69, 9.17) is 18.9 Å². The number of benzene rings is 1. The summed E-state index contributed by atoms with van der Waals surface area (Å²) in [6.45, 7) is 7.91. The van der Waals surface area contributed by atoms with Crippen molar-refractivity contribution in [3.63, 3.8) is 0 Å². The van der Waals surface area contributed by atoms with Crippen molar-refractivity contribution in [1.82, 2.24) is 14.5 Å². The molecule has 0 N–H and O–H groups in total. The standard InChI is InChI=1S/C26H35N3O5/c1-26(2,3)34-25(30)29-19-9-10-27-24(17-7-8-17)23(19)18-15-21(31-6)22(16-20(18)29)33-14-13-32-12-11-28(4)5/h9-10,15-17H,7-8,11-14H2,1-6H3. The summed E-state index contributed by atoms with van der Waals surface area (Å²) >= 11 is 0. The van der Waals surface area contributed by atoms with E-state index >= 15 is 0 Å². The van der Waals surface area contributed by atoms with Crippen LogP contribution in [0.5, 0.6) is 11.5 Å². The zero-order valence-electron chi connectivity index (χ0n) is 21.0. The molecule has 0 saturated heterocycles. The van der Waals surface area contributed by atoms with Crippen molar-refractivity contribution in [2.75, 3.05) is 47.6 Å². The fourth-order valence-corrected chi connectivity index (χ4v) is 4.00. The van der Waals surface area contributed by atoms with Crippen molar-refractivity contribution in [2.24, 2.45) is 0 Å². The van der Waals surface area contributed by atoms with Gasteiger partial charge in [0, 0.05) is 35.5 Å². The van der Waals surface area contributed by atoms with Crippen LogP contribution in [0.3, 0.4) is 0 Å². The fourth-order valence-electron chi connectivity index (χ4n) is 4.00. The largest absolute Gasteiger partial charge is 0.493 e. The van der Waals surface area contributed by atoms with Gasteiger partial charge >= 0.3 is 6.09 Å². The molecule has 1 saturated carbocycles. The Kier molecular flexibility index (Phi) is 7.00. The van der Waals surface area contributed by atoms with Crippen LogP contribution in [0.25, 0.3) is 21.8 Å². The molecule has 0 unspecified atom stereocenters. The zero-order valence-corrected chi connectivity index (χ0v) is 21.0. The van der Waals surface area contributed by atoms with E-state index in [9.17, 15) is 4.79 Å². The number of aromatic nitrogens is 2. The third-order valence-electron chi connectivity index (χ3n) is 5.70. The highest BCUT2D eigenvalue weighted by atomic mass is 16.6. The smallest absolute Gasteiger partial charge is 0.419 e. The van der Waals surface area contributed by atoms with Gasteiger partial charge in [-0.25, -0.2) is 9.36 Å². The Hall–Kier alpha value is -2.84. The number of ether oxygens (including phenoxy) is 4. The van der Waals surface area contributed by atoms with Gasteiger partial charge in [-0.3, -0.25) is 4.98 Å². The summed E-state index contributed by atoms with van der Waals surface area (Å²) in [5.74, 6) is 1.58. The molecule has 1 fully saturated rings. The van der Waals surface area contributed by atoms with Crippen molar-refractivity contribution < 1.29 is 23.7 Å². The lowest BCUT2D eigenvalue weighted by atomic mass is 10.1. The monoisotopic (exact) mass is 469 g/mol. The Bertz CT molecular complexity index is 1170. The van der Waals surface area contributed by atoms with Crippen LogP contribution in [0.2, 0.25) is 0 Å². The third kappa shape index (κ3) is 5.28. The van der Waals surface area contributed by atoms with Crippen LogP contribution in [0.1, 0.15) is 45.2 Å². The van der Waals surface area contributed by atoms with Gasteiger partial charge in [-0.05, 0) is 59.8 Å². The lowest BCUT2D eigenvalue weighted by molar-refractivity contribution is 0.0551. The average molecular weight is 470 g/mol. The number of nitrogens with zero attached hydrogens (tertiary/aromatic N) is 3. The lowest BCUT2D eigenvalue weighted by Crippen LogP contribution is -2.27. The summed E-state index contributed by atoms with van der Waals surface area (Å²) < 4.78 is 24.7. The molecule has 2 heterocycles. The lowest BCUT2D eigenvalue weighted by Gasteiger charge is -2.20. The van der Waals surface area contributed by atoms with Gasteiger partial charge in [0.25, 0.3) is 0 Å². The molecule has 0 radical (unpaired) electrons. The summed E-state index contributed by atoms with van der Waals surface area (Å²) in [4.78, 5) is 20.1. The summed E-state index contributed by atoms with van der Waals surface area (Å²) in [5.41, 5.74) is 1.90. The molecule has 3 aromatic rings. The number of methoxy groups -OCH3 is 1. The van der Waals surface area contributed by atoms with Gasteiger partial charge in [0.1, 0.15) is 12.2 Å². The molecule has 1 aromatic carbocycles. The quantitative estimate of drug-likeness (QED) is 0.416. The molecule has 1 aliphatic carbocycles. The molecule has 0 atom stereocenters. The summed E-state index contributed by atoms with van der Waals surface area (Å²) in [6, 6.07) is 5.67. The van der Waals surface area contributed by atoms with E-state index in [-0.39, 0.29) is 0 Å². The second-order valence-electron chi connectivity index (χ2n) is 9.96.